The minimum atomic E-state index is -3.28. The number of hydrogen-bond acceptors (Lipinski definition) is 4. The summed E-state index contributed by atoms with van der Waals surface area (Å²) in [7, 11) is -1.19. The van der Waals surface area contributed by atoms with Gasteiger partial charge >= 0.3 is 0 Å². The van der Waals surface area contributed by atoms with E-state index in [1.165, 1.54) is 11.1 Å². The molecule has 5 nitrogen and oxygen atoms in total. The minimum absolute atomic E-state index is 0.0789. The fourth-order valence-corrected chi connectivity index (χ4v) is 4.66. The molecule has 32 heavy (non-hydrogen) atoms. The van der Waals surface area contributed by atoms with Crippen molar-refractivity contribution in [1.82, 2.24) is 4.90 Å². The molecule has 0 saturated carbocycles. The molecule has 0 radical (unpaired) electrons. The van der Waals surface area contributed by atoms with E-state index in [0.29, 0.717) is 10.7 Å². The molecule has 1 atom stereocenters. The van der Waals surface area contributed by atoms with Crippen molar-refractivity contribution in [2.45, 2.75) is 25.4 Å². The number of fused-ring (bicyclic) bond motifs is 1. The average molecular weight is 468 g/mol. The molecule has 1 unspecified atom stereocenters. The Kier molecular flexibility index (Phi) is 6.53. The number of rotatable bonds is 6. The van der Waals surface area contributed by atoms with Crippen LogP contribution in [0.15, 0.2) is 77.8 Å². The van der Waals surface area contributed by atoms with Crippen LogP contribution in [0.2, 0.25) is 5.02 Å². The normalized spacial score (nSPS) is 16.2. The first kappa shape index (κ1) is 22.4. The zero-order chi connectivity index (χ0) is 22.7. The van der Waals surface area contributed by atoms with Crippen LogP contribution in [0.3, 0.4) is 0 Å². The molecule has 0 amide bonds. The number of sulfonamides is 1. The van der Waals surface area contributed by atoms with Crippen LogP contribution in [0.5, 0.6) is 0 Å². The summed E-state index contributed by atoms with van der Waals surface area (Å²) >= 11 is 6.12. The lowest BCUT2D eigenvalue weighted by Crippen LogP contribution is -2.26. The lowest BCUT2D eigenvalue weighted by Gasteiger charge is -2.20. The Labute approximate surface area is 194 Å². The van der Waals surface area contributed by atoms with E-state index >= 15 is 0 Å². The third-order valence-corrected chi connectivity index (χ3v) is 6.41. The highest BCUT2D eigenvalue weighted by atomic mass is 35.5. The summed E-state index contributed by atoms with van der Waals surface area (Å²) in [6.07, 6.45) is 2.75. The summed E-state index contributed by atoms with van der Waals surface area (Å²) in [6.45, 7) is 0.802. The van der Waals surface area contributed by atoms with Crippen LogP contribution in [0, 0.1) is 0 Å². The summed E-state index contributed by atoms with van der Waals surface area (Å²) in [5.41, 5.74) is 5.30. The van der Waals surface area contributed by atoms with Gasteiger partial charge in [-0.1, -0.05) is 60.1 Å². The molecule has 1 aliphatic heterocycles. The van der Waals surface area contributed by atoms with Gasteiger partial charge in [0.1, 0.15) is 11.9 Å². The Morgan fingerprint density at radius 3 is 2.38 bits per heavy atom. The van der Waals surface area contributed by atoms with Crippen molar-refractivity contribution in [3.8, 4) is 0 Å². The van der Waals surface area contributed by atoms with Crippen molar-refractivity contribution in [2.75, 3.05) is 18.0 Å². The van der Waals surface area contributed by atoms with E-state index < -0.39 is 10.0 Å². The van der Waals surface area contributed by atoms with Crippen LogP contribution >= 0.6 is 11.6 Å². The van der Waals surface area contributed by atoms with Crippen molar-refractivity contribution in [2.24, 2.45) is 4.99 Å². The number of anilines is 1. The lowest BCUT2D eigenvalue weighted by molar-refractivity contribution is 0.490. The maximum Gasteiger partial charge on any atom is 0.229 e. The maximum absolute atomic E-state index is 11.4. The molecule has 0 spiro atoms. The SMILES string of the molecule is CN1Cc2ccccc2C(c2ccc(Cl)cc2)N=C1CCc1ccc(NS(C)(=O)=O)cc1. The number of aliphatic imine (C=N–C) groups is 1. The third kappa shape index (κ3) is 5.50. The first-order chi connectivity index (χ1) is 15.3. The van der Waals surface area contributed by atoms with Crippen molar-refractivity contribution >= 4 is 33.1 Å². The van der Waals surface area contributed by atoms with Crippen LogP contribution in [0.4, 0.5) is 5.69 Å². The predicted molar refractivity (Wildman–Crippen MR) is 132 cm³/mol. The van der Waals surface area contributed by atoms with E-state index in [4.69, 9.17) is 16.6 Å². The van der Waals surface area contributed by atoms with Gasteiger partial charge in [-0.05, 0) is 52.9 Å². The molecule has 166 valence electrons. The molecule has 1 N–H and O–H groups in total. The summed E-state index contributed by atoms with van der Waals surface area (Å²) in [5, 5.41) is 0.714. The van der Waals surface area contributed by atoms with E-state index in [1.807, 2.05) is 36.4 Å². The van der Waals surface area contributed by atoms with Crippen molar-refractivity contribution in [3.63, 3.8) is 0 Å². The molecule has 0 bridgehead atoms. The molecule has 0 saturated heterocycles. The lowest BCUT2D eigenvalue weighted by atomic mass is 9.95. The van der Waals surface area contributed by atoms with E-state index in [0.717, 1.165) is 42.6 Å². The minimum Gasteiger partial charge on any atom is -0.359 e. The first-order valence-corrected chi connectivity index (χ1v) is 12.7. The van der Waals surface area contributed by atoms with Gasteiger partial charge in [-0.15, -0.1) is 0 Å². The van der Waals surface area contributed by atoms with Gasteiger partial charge in [-0.2, -0.15) is 0 Å². The van der Waals surface area contributed by atoms with E-state index in [1.54, 1.807) is 12.1 Å². The number of nitrogens with zero attached hydrogens (tertiary/aromatic N) is 2. The van der Waals surface area contributed by atoms with Crippen molar-refractivity contribution in [1.29, 1.82) is 0 Å². The Morgan fingerprint density at radius 1 is 1.00 bits per heavy atom. The number of halogens is 1. The molecule has 0 fully saturated rings. The van der Waals surface area contributed by atoms with Crippen molar-refractivity contribution < 1.29 is 8.42 Å². The maximum atomic E-state index is 11.4. The Bertz CT molecular complexity index is 1220. The molecule has 3 aromatic carbocycles. The smallest absolute Gasteiger partial charge is 0.229 e. The van der Waals surface area contributed by atoms with E-state index in [2.05, 4.69) is 40.9 Å². The number of aryl methyl sites for hydroxylation is 1. The fraction of sp³-hybridized carbons (Fsp3) is 0.240. The zero-order valence-electron chi connectivity index (χ0n) is 18.1. The molecule has 4 rings (SSSR count). The molecule has 1 heterocycles. The average Bonchev–Trinajstić information content (AvgIpc) is 2.89. The van der Waals surface area contributed by atoms with Crippen LogP contribution < -0.4 is 4.72 Å². The quantitative estimate of drug-likeness (QED) is 0.536. The second-order valence-electron chi connectivity index (χ2n) is 8.13. The second kappa shape index (κ2) is 9.35. The van der Waals surface area contributed by atoms with E-state index in [9.17, 15) is 8.42 Å². The number of nitrogens with one attached hydrogen (secondary N) is 1. The van der Waals surface area contributed by atoms with Gasteiger partial charge in [0.05, 0.1) is 6.26 Å². The van der Waals surface area contributed by atoms with Crippen LogP contribution in [-0.2, 0) is 23.0 Å². The fourth-order valence-electron chi connectivity index (χ4n) is 3.97. The summed E-state index contributed by atoms with van der Waals surface area (Å²) in [6, 6.07) is 23.8. The Hall–Kier alpha value is -2.83. The van der Waals surface area contributed by atoms with Gasteiger partial charge in [0.2, 0.25) is 10.0 Å². The van der Waals surface area contributed by atoms with Gasteiger partial charge in [0.15, 0.2) is 0 Å². The Balaban J connectivity index is 1.58. The summed E-state index contributed by atoms with van der Waals surface area (Å²) in [4.78, 5) is 7.40. The molecule has 7 heteroatoms. The highest BCUT2D eigenvalue weighted by molar-refractivity contribution is 7.92. The predicted octanol–water partition coefficient (Wildman–Crippen LogP) is 5.28. The van der Waals surface area contributed by atoms with Crippen molar-refractivity contribution in [3.05, 3.63) is 100 Å². The second-order valence-corrected chi connectivity index (χ2v) is 10.3. The summed E-state index contributed by atoms with van der Waals surface area (Å²) < 4.78 is 25.3. The number of hydrogen-bond donors (Lipinski definition) is 1. The molecular formula is C25H26ClN3O2S. The zero-order valence-corrected chi connectivity index (χ0v) is 19.7. The molecule has 0 aromatic heterocycles. The standard InChI is InChI=1S/C25H26ClN3O2S/c1-29-17-20-5-3-4-6-23(20)25(19-10-12-21(26)13-11-19)27-24(29)16-9-18-7-14-22(15-8-18)28-32(2,30)31/h3-8,10-15,25,28H,9,16-17H2,1-2H3. The van der Waals surface area contributed by atoms with Gasteiger partial charge in [0, 0.05) is 30.7 Å². The van der Waals surface area contributed by atoms with E-state index in [-0.39, 0.29) is 6.04 Å². The summed E-state index contributed by atoms with van der Waals surface area (Å²) in [5.74, 6) is 1.04. The molecule has 1 aliphatic rings. The van der Waals surface area contributed by atoms with Gasteiger partial charge in [0.25, 0.3) is 0 Å². The largest absolute Gasteiger partial charge is 0.359 e. The Morgan fingerprint density at radius 2 is 1.69 bits per heavy atom. The number of benzene rings is 3. The van der Waals surface area contributed by atoms with Crippen LogP contribution in [0.25, 0.3) is 0 Å². The highest BCUT2D eigenvalue weighted by Gasteiger charge is 2.23. The monoisotopic (exact) mass is 467 g/mol. The molecule has 0 aliphatic carbocycles. The molecular weight excluding hydrogens is 442 g/mol. The van der Waals surface area contributed by atoms with Gasteiger partial charge in [-0.25, -0.2) is 8.42 Å². The number of amidine groups is 1. The van der Waals surface area contributed by atoms with Gasteiger partial charge < -0.3 is 4.90 Å². The van der Waals surface area contributed by atoms with Crippen LogP contribution in [-0.4, -0.2) is 32.5 Å². The highest BCUT2D eigenvalue weighted by Crippen LogP contribution is 2.33. The first-order valence-electron chi connectivity index (χ1n) is 10.5. The molecule has 3 aromatic rings. The van der Waals surface area contributed by atoms with Crippen LogP contribution in [0.1, 0.15) is 34.7 Å². The third-order valence-electron chi connectivity index (χ3n) is 5.56. The topological polar surface area (TPSA) is 61.8 Å². The van der Waals surface area contributed by atoms with Gasteiger partial charge in [-0.3, -0.25) is 9.71 Å².